The first-order valence-electron chi connectivity index (χ1n) is 11.8. The molecule has 2 aromatic carbocycles. The van der Waals surface area contributed by atoms with Gasteiger partial charge in [0.25, 0.3) is 0 Å². The van der Waals surface area contributed by atoms with Crippen molar-refractivity contribution in [1.82, 2.24) is 20.0 Å². The van der Waals surface area contributed by atoms with Gasteiger partial charge in [0.05, 0.1) is 26.2 Å². The van der Waals surface area contributed by atoms with Crippen LogP contribution in [0.15, 0.2) is 54.6 Å². The third-order valence-corrected chi connectivity index (χ3v) is 6.54. The number of carbonyl (C=O) groups excluding carboxylic acids is 2. The zero-order chi connectivity index (χ0) is 23.0. The van der Waals surface area contributed by atoms with E-state index in [-0.39, 0.29) is 17.9 Å². The van der Waals surface area contributed by atoms with Gasteiger partial charge in [-0.1, -0.05) is 42.5 Å². The van der Waals surface area contributed by atoms with E-state index < -0.39 is 0 Å². The normalized spacial score (nSPS) is 18.2. The molecule has 4 rings (SSSR count). The molecule has 2 saturated heterocycles. The number of rotatable bonds is 8. The Balaban J connectivity index is 1.31. The molecular weight excluding hydrogens is 416 g/mol. The molecule has 2 aliphatic rings. The number of benzene rings is 2. The molecule has 2 amide bonds. The molecule has 0 bridgehead atoms. The van der Waals surface area contributed by atoms with Gasteiger partial charge < -0.3 is 15.0 Å². The quantitative estimate of drug-likeness (QED) is 0.668. The summed E-state index contributed by atoms with van der Waals surface area (Å²) in [6.07, 6.45) is 2.24. The Bertz CT molecular complexity index is 905. The molecule has 0 saturated carbocycles. The molecule has 0 aliphatic carbocycles. The smallest absolute Gasteiger partial charge is 0.236 e. The van der Waals surface area contributed by atoms with E-state index in [4.69, 9.17) is 4.74 Å². The second kappa shape index (κ2) is 11.3. The van der Waals surface area contributed by atoms with Crippen molar-refractivity contribution in [2.75, 3.05) is 59.5 Å². The van der Waals surface area contributed by atoms with Gasteiger partial charge in [-0.3, -0.25) is 19.4 Å². The average molecular weight is 451 g/mol. The van der Waals surface area contributed by atoms with Crippen molar-refractivity contribution < 1.29 is 14.3 Å². The summed E-state index contributed by atoms with van der Waals surface area (Å²) in [5.74, 6) is 1.03. The van der Waals surface area contributed by atoms with Crippen LogP contribution in [0.5, 0.6) is 5.75 Å². The SMILES string of the molecule is COc1ccc(C(NC(=O)CN2CCN(CC(=O)N3CCCC3)CC2)c2ccccc2)cc1. The molecule has 1 unspecified atom stereocenters. The highest BCUT2D eigenvalue weighted by Gasteiger charge is 2.25. The van der Waals surface area contributed by atoms with Crippen molar-refractivity contribution >= 4 is 11.8 Å². The van der Waals surface area contributed by atoms with E-state index in [1.165, 1.54) is 0 Å². The average Bonchev–Trinajstić information content (AvgIpc) is 3.40. The van der Waals surface area contributed by atoms with E-state index in [1.54, 1.807) is 7.11 Å². The van der Waals surface area contributed by atoms with Crippen molar-refractivity contribution in [3.8, 4) is 5.75 Å². The first-order chi connectivity index (χ1) is 16.1. The van der Waals surface area contributed by atoms with Gasteiger partial charge in [0.2, 0.25) is 11.8 Å². The maximum atomic E-state index is 13.0. The Morgan fingerprint density at radius 1 is 0.818 bits per heavy atom. The van der Waals surface area contributed by atoms with Crippen molar-refractivity contribution in [3.63, 3.8) is 0 Å². The van der Waals surface area contributed by atoms with Crippen molar-refractivity contribution in [2.45, 2.75) is 18.9 Å². The predicted molar refractivity (Wildman–Crippen MR) is 128 cm³/mol. The molecule has 7 heteroatoms. The highest BCUT2D eigenvalue weighted by molar-refractivity contribution is 5.79. The van der Waals surface area contributed by atoms with E-state index in [2.05, 4.69) is 15.1 Å². The lowest BCUT2D eigenvalue weighted by molar-refractivity contribution is -0.132. The monoisotopic (exact) mass is 450 g/mol. The molecule has 0 aromatic heterocycles. The molecule has 0 spiro atoms. The maximum Gasteiger partial charge on any atom is 0.236 e. The number of nitrogens with zero attached hydrogens (tertiary/aromatic N) is 3. The van der Waals surface area contributed by atoms with Gasteiger partial charge in [0, 0.05) is 39.3 Å². The molecule has 1 atom stereocenters. The summed E-state index contributed by atoms with van der Waals surface area (Å²) in [7, 11) is 1.65. The van der Waals surface area contributed by atoms with Crippen LogP contribution in [-0.2, 0) is 9.59 Å². The largest absolute Gasteiger partial charge is 0.497 e. The van der Waals surface area contributed by atoms with Crippen molar-refractivity contribution in [1.29, 1.82) is 0 Å². The van der Waals surface area contributed by atoms with Crippen molar-refractivity contribution in [3.05, 3.63) is 65.7 Å². The zero-order valence-corrected chi connectivity index (χ0v) is 19.4. The Hall–Kier alpha value is -2.90. The van der Waals surface area contributed by atoms with E-state index in [9.17, 15) is 9.59 Å². The molecular formula is C26H34N4O3. The molecule has 2 aromatic rings. The van der Waals surface area contributed by atoms with Gasteiger partial charge >= 0.3 is 0 Å². The third kappa shape index (κ3) is 6.33. The maximum absolute atomic E-state index is 13.0. The van der Waals surface area contributed by atoms with Gasteiger partial charge in [-0.05, 0) is 36.1 Å². The summed E-state index contributed by atoms with van der Waals surface area (Å²) >= 11 is 0. The first-order valence-corrected chi connectivity index (χ1v) is 11.8. The number of hydrogen-bond donors (Lipinski definition) is 1. The van der Waals surface area contributed by atoms with Crippen LogP contribution in [0.4, 0.5) is 0 Å². The van der Waals surface area contributed by atoms with Crippen LogP contribution >= 0.6 is 0 Å². The summed E-state index contributed by atoms with van der Waals surface area (Å²) in [5, 5.41) is 3.22. The fraction of sp³-hybridized carbons (Fsp3) is 0.462. The van der Waals surface area contributed by atoms with Crippen LogP contribution in [0, 0.1) is 0 Å². The highest BCUT2D eigenvalue weighted by Crippen LogP contribution is 2.24. The number of carbonyl (C=O) groups is 2. The number of hydrogen-bond acceptors (Lipinski definition) is 5. The van der Waals surface area contributed by atoms with Crippen LogP contribution in [0.3, 0.4) is 0 Å². The lowest BCUT2D eigenvalue weighted by Crippen LogP contribution is -2.52. The minimum absolute atomic E-state index is 0.00117. The minimum atomic E-state index is -0.219. The Morgan fingerprint density at radius 2 is 1.39 bits per heavy atom. The van der Waals surface area contributed by atoms with Crippen molar-refractivity contribution in [2.24, 2.45) is 0 Å². The number of nitrogens with one attached hydrogen (secondary N) is 1. The summed E-state index contributed by atoms with van der Waals surface area (Å²) in [5.41, 5.74) is 2.06. The lowest BCUT2D eigenvalue weighted by atomic mass is 9.98. The summed E-state index contributed by atoms with van der Waals surface area (Å²) in [4.78, 5) is 31.7. The van der Waals surface area contributed by atoms with E-state index in [0.717, 1.165) is 69.0 Å². The standard InChI is InChI=1S/C26H34N4O3/c1-33-23-11-9-22(10-12-23)26(21-7-3-2-4-8-21)27-24(31)19-28-15-17-29(18-16-28)20-25(32)30-13-5-6-14-30/h2-4,7-12,26H,5-6,13-20H2,1H3,(H,27,31). The first kappa shape index (κ1) is 23.3. The van der Waals surface area contributed by atoms with Crippen LogP contribution in [0.1, 0.15) is 30.0 Å². The number of ether oxygens (including phenoxy) is 1. The van der Waals surface area contributed by atoms with E-state index in [0.29, 0.717) is 13.1 Å². The second-order valence-corrected chi connectivity index (χ2v) is 8.82. The Labute approximate surface area is 196 Å². The van der Waals surface area contributed by atoms with Gasteiger partial charge in [-0.15, -0.1) is 0 Å². The molecule has 0 radical (unpaired) electrons. The lowest BCUT2D eigenvalue weighted by Gasteiger charge is -2.34. The number of amides is 2. The minimum Gasteiger partial charge on any atom is -0.497 e. The molecule has 176 valence electrons. The highest BCUT2D eigenvalue weighted by atomic mass is 16.5. The second-order valence-electron chi connectivity index (χ2n) is 8.82. The Kier molecular flexibility index (Phi) is 7.96. The summed E-state index contributed by atoms with van der Waals surface area (Å²) in [6, 6.07) is 17.6. The summed E-state index contributed by atoms with van der Waals surface area (Å²) < 4.78 is 5.28. The van der Waals surface area contributed by atoms with E-state index >= 15 is 0 Å². The fourth-order valence-electron chi connectivity index (χ4n) is 4.57. The number of methoxy groups -OCH3 is 1. The summed E-state index contributed by atoms with van der Waals surface area (Å²) in [6.45, 7) is 5.85. The van der Waals surface area contributed by atoms with Gasteiger partial charge in [0.1, 0.15) is 5.75 Å². The number of likely N-dealkylation sites (tertiary alicyclic amines) is 1. The van der Waals surface area contributed by atoms with Crippen LogP contribution in [0.25, 0.3) is 0 Å². The molecule has 33 heavy (non-hydrogen) atoms. The van der Waals surface area contributed by atoms with Gasteiger partial charge in [-0.25, -0.2) is 0 Å². The van der Waals surface area contributed by atoms with Gasteiger partial charge in [-0.2, -0.15) is 0 Å². The number of piperazine rings is 1. The van der Waals surface area contributed by atoms with Crippen LogP contribution in [-0.4, -0.2) is 86.0 Å². The fourth-order valence-corrected chi connectivity index (χ4v) is 4.57. The Morgan fingerprint density at radius 3 is 2.00 bits per heavy atom. The van der Waals surface area contributed by atoms with Crippen LogP contribution in [0.2, 0.25) is 0 Å². The van der Waals surface area contributed by atoms with Gasteiger partial charge in [0.15, 0.2) is 0 Å². The molecule has 1 N–H and O–H groups in total. The molecule has 7 nitrogen and oxygen atoms in total. The predicted octanol–water partition coefficient (Wildman–Crippen LogP) is 2.14. The molecule has 2 heterocycles. The van der Waals surface area contributed by atoms with Crippen LogP contribution < -0.4 is 10.1 Å². The molecule has 2 aliphatic heterocycles. The molecule has 2 fully saturated rings. The third-order valence-electron chi connectivity index (χ3n) is 6.54. The topological polar surface area (TPSA) is 65.1 Å². The van der Waals surface area contributed by atoms with E-state index in [1.807, 2.05) is 59.5 Å². The zero-order valence-electron chi connectivity index (χ0n) is 19.4.